The Kier molecular flexibility index (Phi) is 41.0. The molecule has 19 heteroatoms. The highest BCUT2D eigenvalue weighted by Gasteiger charge is 2.53. The van der Waals surface area contributed by atoms with Crippen LogP contribution in [-0.2, 0) is 33.2 Å². The van der Waals surface area contributed by atoms with E-state index in [0.29, 0.717) is 19.3 Å². The van der Waals surface area contributed by atoms with Gasteiger partial charge >= 0.3 is 0 Å². The third-order valence-corrected chi connectivity index (χ3v) is 16.0. The number of amides is 1. The largest absolute Gasteiger partial charge is 0.394 e. The van der Waals surface area contributed by atoms with E-state index in [-0.39, 0.29) is 18.9 Å². The molecule has 19 nitrogen and oxygen atoms in total. The number of nitrogens with one attached hydrogen (secondary N) is 1. The third kappa shape index (κ3) is 28.8. The highest BCUT2D eigenvalue weighted by Crippen LogP contribution is 2.33. The van der Waals surface area contributed by atoms with Gasteiger partial charge < -0.3 is 89.9 Å². The van der Waals surface area contributed by atoms with Crippen LogP contribution in [0.15, 0.2) is 36.5 Å². The number of aliphatic hydroxyl groups is 11. The third-order valence-electron chi connectivity index (χ3n) is 16.0. The van der Waals surface area contributed by atoms with Gasteiger partial charge in [-0.3, -0.25) is 4.79 Å². The van der Waals surface area contributed by atoms with Gasteiger partial charge in [0.25, 0.3) is 0 Å². The van der Waals surface area contributed by atoms with Gasteiger partial charge in [-0.15, -0.1) is 0 Å². The Labute approximate surface area is 485 Å². The summed E-state index contributed by atoms with van der Waals surface area (Å²) < 4.78 is 34.0. The predicted octanol–water partition coefficient (Wildman–Crippen LogP) is 6.49. The van der Waals surface area contributed by atoms with Crippen LogP contribution in [0.2, 0.25) is 0 Å². The SMILES string of the molecule is CCCCCCC/C=C\C/C=C\C/C=C\CCCCCCCCCCCCCCCCCCCCC(=O)NC(COC1OC(CO)C(OC2OC(CO)C(OC3OC(CO)C(O)C(O)C3O)C(O)C2O)C(O)C1O)C(O)CCCCC. The van der Waals surface area contributed by atoms with Crippen molar-refractivity contribution in [1.82, 2.24) is 5.32 Å². The molecule has 474 valence electrons. The highest BCUT2D eigenvalue weighted by atomic mass is 16.8. The summed E-state index contributed by atoms with van der Waals surface area (Å²) in [5.74, 6) is -0.254. The normalized spacial score (nSPS) is 30.0. The molecule has 0 aromatic carbocycles. The molecule has 0 spiro atoms. The minimum atomic E-state index is -1.97. The van der Waals surface area contributed by atoms with Crippen LogP contribution in [0.5, 0.6) is 0 Å². The van der Waals surface area contributed by atoms with Gasteiger partial charge in [-0.2, -0.15) is 0 Å². The van der Waals surface area contributed by atoms with Gasteiger partial charge in [0.2, 0.25) is 5.91 Å². The molecule has 0 saturated carbocycles. The number of hydrogen-bond donors (Lipinski definition) is 12. The van der Waals surface area contributed by atoms with E-state index < -0.39 is 124 Å². The van der Waals surface area contributed by atoms with Crippen molar-refractivity contribution < 1.29 is 89.4 Å². The van der Waals surface area contributed by atoms with Crippen LogP contribution in [0.3, 0.4) is 0 Å². The minimum Gasteiger partial charge on any atom is -0.394 e. The molecule has 17 unspecified atom stereocenters. The van der Waals surface area contributed by atoms with E-state index in [0.717, 1.165) is 44.9 Å². The molecule has 3 fully saturated rings. The first kappa shape index (κ1) is 73.3. The number of allylic oxidation sites excluding steroid dienone is 6. The lowest BCUT2D eigenvalue weighted by molar-refractivity contribution is -0.379. The number of hydrogen-bond acceptors (Lipinski definition) is 18. The molecule has 3 heterocycles. The minimum absolute atomic E-state index is 0.254. The lowest BCUT2D eigenvalue weighted by Crippen LogP contribution is -2.66. The second kappa shape index (κ2) is 45.3. The molecule has 0 aromatic rings. The van der Waals surface area contributed by atoms with Gasteiger partial charge in [0, 0.05) is 6.42 Å². The molecule has 3 rings (SSSR count). The summed E-state index contributed by atoms with van der Waals surface area (Å²) in [4.78, 5) is 13.2. The quantitative estimate of drug-likeness (QED) is 0.0229. The van der Waals surface area contributed by atoms with E-state index in [1.165, 1.54) is 135 Å². The van der Waals surface area contributed by atoms with E-state index in [2.05, 4.69) is 48.7 Å². The molecular weight excluding hydrogens is 1050 g/mol. The van der Waals surface area contributed by atoms with E-state index in [9.17, 15) is 61.0 Å². The highest BCUT2D eigenvalue weighted by molar-refractivity contribution is 5.76. The molecule has 3 saturated heterocycles. The molecule has 0 bridgehead atoms. The fourth-order valence-corrected chi connectivity index (χ4v) is 10.7. The second-order valence-electron chi connectivity index (χ2n) is 22.9. The molecule has 0 aliphatic carbocycles. The number of aliphatic hydroxyl groups excluding tert-OH is 11. The zero-order chi connectivity index (χ0) is 59.0. The van der Waals surface area contributed by atoms with Crippen LogP contribution in [0.1, 0.15) is 219 Å². The molecule has 0 aromatic heterocycles. The summed E-state index contributed by atoms with van der Waals surface area (Å²) in [6.07, 6.45) is 23.9. The van der Waals surface area contributed by atoms with Crippen LogP contribution in [-0.4, -0.2) is 193 Å². The van der Waals surface area contributed by atoms with Crippen LogP contribution < -0.4 is 5.32 Å². The summed E-state index contributed by atoms with van der Waals surface area (Å²) in [7, 11) is 0. The Bertz CT molecular complexity index is 1620. The van der Waals surface area contributed by atoms with E-state index in [1.807, 2.05) is 6.92 Å². The summed E-state index contributed by atoms with van der Waals surface area (Å²) in [5.41, 5.74) is 0. The summed E-state index contributed by atoms with van der Waals surface area (Å²) in [5, 5.41) is 119. The Hall–Kier alpha value is -1.99. The van der Waals surface area contributed by atoms with E-state index in [4.69, 9.17) is 28.4 Å². The number of carbonyl (C=O) groups excluding carboxylic acids is 1. The fourth-order valence-electron chi connectivity index (χ4n) is 10.7. The van der Waals surface area contributed by atoms with Crippen molar-refractivity contribution in [3.8, 4) is 0 Å². The molecule has 3 aliphatic heterocycles. The van der Waals surface area contributed by atoms with Crippen molar-refractivity contribution >= 4 is 5.91 Å². The fraction of sp³-hybridized carbons (Fsp3) is 0.887. The van der Waals surface area contributed by atoms with E-state index >= 15 is 0 Å². The maximum absolute atomic E-state index is 13.2. The van der Waals surface area contributed by atoms with Crippen molar-refractivity contribution in [3.63, 3.8) is 0 Å². The molecule has 1 amide bonds. The van der Waals surface area contributed by atoms with Crippen LogP contribution in [0.4, 0.5) is 0 Å². The first-order valence-electron chi connectivity index (χ1n) is 31.7. The molecular formula is C62H113NO18. The number of carbonyl (C=O) groups is 1. The average molecular weight is 1160 g/mol. The second-order valence-corrected chi connectivity index (χ2v) is 22.9. The maximum atomic E-state index is 13.2. The predicted molar refractivity (Wildman–Crippen MR) is 309 cm³/mol. The first-order chi connectivity index (χ1) is 39.3. The monoisotopic (exact) mass is 1160 g/mol. The topological polar surface area (TPSA) is 307 Å². The van der Waals surface area contributed by atoms with Crippen molar-refractivity contribution in [2.24, 2.45) is 0 Å². The maximum Gasteiger partial charge on any atom is 0.220 e. The number of unbranched alkanes of at least 4 members (excludes halogenated alkanes) is 25. The van der Waals surface area contributed by atoms with Crippen molar-refractivity contribution in [2.45, 2.75) is 324 Å². The molecule has 3 aliphatic rings. The van der Waals surface area contributed by atoms with Gasteiger partial charge in [0.15, 0.2) is 18.9 Å². The van der Waals surface area contributed by atoms with Crippen molar-refractivity contribution in [3.05, 3.63) is 36.5 Å². The summed E-state index contributed by atoms with van der Waals surface area (Å²) in [6, 6.07) is -0.881. The molecule has 0 radical (unpaired) electrons. The summed E-state index contributed by atoms with van der Waals surface area (Å²) >= 11 is 0. The zero-order valence-corrected chi connectivity index (χ0v) is 49.5. The molecule has 12 N–H and O–H groups in total. The smallest absolute Gasteiger partial charge is 0.220 e. The summed E-state index contributed by atoms with van der Waals surface area (Å²) in [6.45, 7) is 1.59. The lowest BCUT2D eigenvalue weighted by Gasteiger charge is -2.48. The van der Waals surface area contributed by atoms with Crippen molar-refractivity contribution in [2.75, 3.05) is 26.4 Å². The van der Waals surface area contributed by atoms with Gasteiger partial charge in [0.1, 0.15) is 73.2 Å². The Morgan fingerprint density at radius 3 is 1.27 bits per heavy atom. The van der Waals surface area contributed by atoms with Crippen LogP contribution >= 0.6 is 0 Å². The molecule has 81 heavy (non-hydrogen) atoms. The zero-order valence-electron chi connectivity index (χ0n) is 49.5. The standard InChI is InChI=1S/C62H113NO18/c1-3-5-7-8-9-10-11-12-13-14-15-16-17-18-19-20-21-22-23-24-25-26-27-28-29-30-31-32-33-34-35-36-38-40-50(68)63-45(46(67)39-37-6-4-2)44-76-60-56(74)53(71)58(48(42-65)78-60)81-62-57(75)54(72)59(49(43-66)79-62)80-61-55(73)52(70)51(69)47(41-64)77-61/h11-12,14-15,17-18,45-49,51-62,64-67,69-75H,3-10,13,16,19-44H2,1-2H3,(H,63,68)/b12-11-,15-14-,18-17-. The van der Waals surface area contributed by atoms with Gasteiger partial charge in [-0.05, 0) is 51.4 Å². The Morgan fingerprint density at radius 2 is 0.815 bits per heavy atom. The van der Waals surface area contributed by atoms with Gasteiger partial charge in [-0.25, -0.2) is 0 Å². The Morgan fingerprint density at radius 1 is 0.444 bits per heavy atom. The van der Waals surface area contributed by atoms with Crippen molar-refractivity contribution in [1.29, 1.82) is 0 Å². The number of ether oxygens (including phenoxy) is 6. The van der Waals surface area contributed by atoms with Gasteiger partial charge in [0.05, 0.1) is 38.6 Å². The lowest BCUT2D eigenvalue weighted by atomic mass is 9.96. The van der Waals surface area contributed by atoms with Crippen LogP contribution in [0, 0.1) is 0 Å². The first-order valence-corrected chi connectivity index (χ1v) is 31.7. The average Bonchev–Trinajstić information content (AvgIpc) is 3.55. The number of rotatable bonds is 47. The van der Waals surface area contributed by atoms with E-state index in [1.54, 1.807) is 0 Å². The molecule has 17 atom stereocenters. The van der Waals surface area contributed by atoms with Gasteiger partial charge in [-0.1, -0.05) is 198 Å². The Balaban J connectivity index is 1.25. The van der Waals surface area contributed by atoms with Crippen LogP contribution in [0.25, 0.3) is 0 Å².